The van der Waals surface area contributed by atoms with Crippen molar-refractivity contribution in [1.29, 1.82) is 0 Å². The minimum absolute atomic E-state index is 0.507. The Kier molecular flexibility index (Phi) is 4.27. The normalized spacial score (nSPS) is 10.0. The zero-order chi connectivity index (χ0) is 14.5. The molecule has 0 aliphatic heterocycles. The van der Waals surface area contributed by atoms with E-state index < -0.39 is 0 Å². The van der Waals surface area contributed by atoms with Crippen LogP contribution >= 0.6 is 0 Å². The molecule has 6 heteroatoms. The highest BCUT2D eigenvalue weighted by atomic mass is 16.5. The molecule has 0 radical (unpaired) electrons. The molecule has 2 N–H and O–H groups in total. The van der Waals surface area contributed by atoms with Gasteiger partial charge in [-0.25, -0.2) is 4.98 Å². The number of aromatic nitrogens is 1. The molecule has 6 nitrogen and oxygen atoms in total. The molecule has 106 valence electrons. The minimum atomic E-state index is 0.507. The van der Waals surface area contributed by atoms with Crippen LogP contribution in [0.1, 0.15) is 0 Å². The predicted octanol–water partition coefficient (Wildman–Crippen LogP) is 2.67. The van der Waals surface area contributed by atoms with Crippen LogP contribution in [0, 0.1) is 0 Å². The molecule has 0 unspecified atom stereocenters. The van der Waals surface area contributed by atoms with E-state index >= 15 is 0 Å². The van der Waals surface area contributed by atoms with Crippen LogP contribution in [0.2, 0.25) is 0 Å². The van der Waals surface area contributed by atoms with E-state index in [-0.39, 0.29) is 0 Å². The third-order valence-corrected chi connectivity index (χ3v) is 2.97. The van der Waals surface area contributed by atoms with Gasteiger partial charge in [-0.2, -0.15) is 0 Å². The topological polar surface area (TPSA) is 66.9 Å². The largest absolute Gasteiger partial charge is 0.497 e. The van der Waals surface area contributed by atoms with Gasteiger partial charge in [0.15, 0.2) is 5.82 Å². The molecular formula is C14H17N3O3. The van der Waals surface area contributed by atoms with Gasteiger partial charge in [0.05, 0.1) is 19.9 Å². The van der Waals surface area contributed by atoms with Crippen LogP contribution in [0.5, 0.6) is 11.5 Å². The van der Waals surface area contributed by atoms with E-state index in [2.05, 4.69) is 10.5 Å². The number of benzene rings is 1. The van der Waals surface area contributed by atoms with Crippen LogP contribution in [-0.2, 0) is 0 Å². The van der Waals surface area contributed by atoms with Crippen LogP contribution in [-0.4, -0.2) is 31.5 Å². The van der Waals surface area contributed by atoms with E-state index in [0.717, 1.165) is 5.69 Å². The molecule has 2 rings (SSSR count). The molecule has 0 saturated carbocycles. The van der Waals surface area contributed by atoms with Gasteiger partial charge in [0.2, 0.25) is 0 Å². The Bertz CT molecular complexity index is 590. The number of anilines is 3. The molecule has 0 saturated heterocycles. The van der Waals surface area contributed by atoms with Crippen molar-refractivity contribution in [3.8, 4) is 11.5 Å². The second-order valence-electron chi connectivity index (χ2n) is 4.08. The molecule has 0 atom stereocenters. The third kappa shape index (κ3) is 2.60. The van der Waals surface area contributed by atoms with Gasteiger partial charge in [-0.1, -0.05) is 0 Å². The Morgan fingerprint density at radius 2 is 2.00 bits per heavy atom. The van der Waals surface area contributed by atoms with E-state index in [1.54, 1.807) is 38.6 Å². The fraction of sp³-hybridized carbons (Fsp3) is 0.214. The molecule has 0 amide bonds. The fourth-order valence-corrected chi connectivity index (χ4v) is 1.93. The van der Waals surface area contributed by atoms with Crippen molar-refractivity contribution in [3.63, 3.8) is 0 Å². The van der Waals surface area contributed by atoms with Crippen molar-refractivity contribution < 1.29 is 14.7 Å². The van der Waals surface area contributed by atoms with Crippen molar-refractivity contribution in [2.45, 2.75) is 0 Å². The zero-order valence-corrected chi connectivity index (χ0v) is 11.6. The maximum atomic E-state index is 9.15. The van der Waals surface area contributed by atoms with Crippen molar-refractivity contribution in [3.05, 3.63) is 36.5 Å². The lowest BCUT2D eigenvalue weighted by atomic mass is 10.2. The van der Waals surface area contributed by atoms with Crippen LogP contribution in [0.15, 0.2) is 36.5 Å². The van der Waals surface area contributed by atoms with Crippen LogP contribution in [0.4, 0.5) is 17.2 Å². The third-order valence-electron chi connectivity index (χ3n) is 2.97. The maximum Gasteiger partial charge on any atom is 0.158 e. The van der Waals surface area contributed by atoms with Gasteiger partial charge in [-0.3, -0.25) is 10.7 Å². The summed E-state index contributed by atoms with van der Waals surface area (Å²) >= 11 is 0. The summed E-state index contributed by atoms with van der Waals surface area (Å²) in [5.41, 5.74) is 3.45. The SMILES string of the molecule is COc1ccc(N(C)c2ncccc2NO)c(OC)c1. The van der Waals surface area contributed by atoms with Gasteiger partial charge in [0, 0.05) is 19.3 Å². The van der Waals surface area contributed by atoms with Crippen molar-refractivity contribution in [1.82, 2.24) is 4.98 Å². The van der Waals surface area contributed by atoms with Crippen LogP contribution in [0.25, 0.3) is 0 Å². The van der Waals surface area contributed by atoms with E-state index in [4.69, 9.17) is 14.7 Å². The Hall–Kier alpha value is -2.47. The van der Waals surface area contributed by atoms with E-state index in [9.17, 15) is 0 Å². The van der Waals surface area contributed by atoms with Crippen molar-refractivity contribution in [2.24, 2.45) is 0 Å². The summed E-state index contributed by atoms with van der Waals surface area (Å²) in [6, 6.07) is 8.97. The second kappa shape index (κ2) is 6.12. The number of hydrogen-bond donors (Lipinski definition) is 2. The lowest BCUT2D eigenvalue weighted by molar-refractivity contribution is 0.388. The molecule has 0 aliphatic rings. The standard InChI is InChI=1S/C14H17N3O3/c1-17(14-11(16-18)5-4-8-15-14)12-7-6-10(19-2)9-13(12)20-3/h4-9,16,18H,1-3H3. The molecule has 0 aliphatic carbocycles. The quantitative estimate of drug-likeness (QED) is 0.818. The summed E-state index contributed by atoms with van der Waals surface area (Å²) in [7, 11) is 5.04. The van der Waals surface area contributed by atoms with Gasteiger partial charge in [-0.05, 0) is 24.3 Å². The second-order valence-corrected chi connectivity index (χ2v) is 4.08. The lowest BCUT2D eigenvalue weighted by Crippen LogP contribution is -2.14. The smallest absolute Gasteiger partial charge is 0.158 e. The molecule has 1 aromatic heterocycles. The van der Waals surface area contributed by atoms with Gasteiger partial charge in [-0.15, -0.1) is 0 Å². The minimum Gasteiger partial charge on any atom is -0.497 e. The Balaban J connectivity index is 2.45. The van der Waals surface area contributed by atoms with E-state index in [1.807, 2.05) is 24.1 Å². The molecule has 0 fully saturated rings. The first-order valence-corrected chi connectivity index (χ1v) is 6.02. The number of rotatable bonds is 5. The summed E-state index contributed by atoms with van der Waals surface area (Å²) in [5.74, 6) is 1.94. The van der Waals surface area contributed by atoms with Gasteiger partial charge in [0.1, 0.15) is 17.2 Å². The molecule has 0 spiro atoms. The molecular weight excluding hydrogens is 258 g/mol. The van der Waals surface area contributed by atoms with Crippen molar-refractivity contribution >= 4 is 17.2 Å². The number of nitrogens with one attached hydrogen (secondary N) is 1. The molecule has 20 heavy (non-hydrogen) atoms. The zero-order valence-electron chi connectivity index (χ0n) is 11.6. The average Bonchev–Trinajstić information content (AvgIpc) is 2.53. The van der Waals surface area contributed by atoms with E-state index in [0.29, 0.717) is 23.0 Å². The van der Waals surface area contributed by atoms with Gasteiger partial charge >= 0.3 is 0 Å². The summed E-state index contributed by atoms with van der Waals surface area (Å²) in [5, 5.41) is 9.15. The monoisotopic (exact) mass is 275 g/mol. The van der Waals surface area contributed by atoms with Crippen molar-refractivity contribution in [2.75, 3.05) is 31.6 Å². The fourth-order valence-electron chi connectivity index (χ4n) is 1.93. The number of hydrogen-bond acceptors (Lipinski definition) is 6. The first-order chi connectivity index (χ1) is 9.71. The number of pyridine rings is 1. The Morgan fingerprint density at radius 3 is 2.65 bits per heavy atom. The first-order valence-electron chi connectivity index (χ1n) is 6.02. The Labute approximate surface area is 117 Å². The van der Waals surface area contributed by atoms with Crippen LogP contribution in [0.3, 0.4) is 0 Å². The number of ether oxygens (including phenoxy) is 2. The number of methoxy groups -OCH3 is 2. The van der Waals surface area contributed by atoms with Gasteiger partial charge < -0.3 is 14.4 Å². The Morgan fingerprint density at radius 1 is 1.20 bits per heavy atom. The summed E-state index contributed by atoms with van der Waals surface area (Å²) in [6.45, 7) is 0. The summed E-state index contributed by atoms with van der Waals surface area (Å²) < 4.78 is 10.5. The highest BCUT2D eigenvalue weighted by Gasteiger charge is 2.15. The molecule has 1 aromatic carbocycles. The molecule has 1 heterocycles. The highest BCUT2D eigenvalue weighted by Crippen LogP contribution is 2.36. The first kappa shape index (κ1) is 14.0. The van der Waals surface area contributed by atoms with E-state index in [1.165, 1.54) is 0 Å². The van der Waals surface area contributed by atoms with Gasteiger partial charge in [0.25, 0.3) is 0 Å². The summed E-state index contributed by atoms with van der Waals surface area (Å²) in [4.78, 5) is 6.08. The molecule has 2 aromatic rings. The predicted molar refractivity (Wildman–Crippen MR) is 77.3 cm³/mol. The number of nitrogens with zero attached hydrogens (tertiary/aromatic N) is 2. The summed E-state index contributed by atoms with van der Waals surface area (Å²) in [6.07, 6.45) is 1.66. The molecule has 0 bridgehead atoms. The average molecular weight is 275 g/mol. The van der Waals surface area contributed by atoms with Crippen LogP contribution < -0.4 is 19.9 Å². The highest BCUT2D eigenvalue weighted by molar-refractivity contribution is 5.75. The lowest BCUT2D eigenvalue weighted by Gasteiger charge is -2.23. The maximum absolute atomic E-state index is 9.15.